The van der Waals surface area contributed by atoms with Crippen LogP contribution in [0.2, 0.25) is 0 Å². The first-order valence-electron chi connectivity index (χ1n) is 10.8. The van der Waals surface area contributed by atoms with Gasteiger partial charge in [-0.15, -0.1) is 0 Å². The molecule has 1 aromatic carbocycles. The lowest BCUT2D eigenvalue weighted by Crippen LogP contribution is -2.39. The number of anilines is 1. The summed E-state index contributed by atoms with van der Waals surface area (Å²) in [6.07, 6.45) is 5.52. The van der Waals surface area contributed by atoms with Gasteiger partial charge in [0.2, 0.25) is 0 Å². The van der Waals surface area contributed by atoms with Crippen molar-refractivity contribution in [1.29, 1.82) is 0 Å². The number of hydrogen-bond acceptors (Lipinski definition) is 5. The minimum absolute atomic E-state index is 0.226. The van der Waals surface area contributed by atoms with E-state index in [-0.39, 0.29) is 5.75 Å². The molecule has 1 atom stereocenters. The number of fused-ring (bicyclic) bond motifs is 1. The second kappa shape index (κ2) is 9.35. The topological polar surface area (TPSA) is 65.7 Å². The van der Waals surface area contributed by atoms with Crippen molar-refractivity contribution in [2.24, 2.45) is 11.8 Å². The summed E-state index contributed by atoms with van der Waals surface area (Å²) < 4.78 is 2.66. The Morgan fingerprint density at radius 3 is 2.93 bits per heavy atom. The lowest BCUT2D eigenvalue weighted by atomic mass is 9.97. The molecule has 2 aromatic heterocycles. The summed E-state index contributed by atoms with van der Waals surface area (Å²) in [5, 5.41) is 18.4. The highest BCUT2D eigenvalue weighted by Crippen LogP contribution is 2.31. The van der Waals surface area contributed by atoms with Crippen molar-refractivity contribution < 1.29 is 5.11 Å². The third-order valence-corrected chi connectivity index (χ3v) is 6.37. The summed E-state index contributed by atoms with van der Waals surface area (Å²) in [5.41, 5.74) is 2.18. The van der Waals surface area contributed by atoms with Gasteiger partial charge < -0.3 is 15.3 Å². The molecule has 4 rings (SSSR count). The monoisotopic (exact) mass is 471 g/mol. The summed E-state index contributed by atoms with van der Waals surface area (Å²) in [6, 6.07) is 9.27. The molecule has 1 aliphatic heterocycles. The number of likely N-dealkylation sites (tertiary alicyclic amines) is 1. The first-order chi connectivity index (χ1) is 14.5. The van der Waals surface area contributed by atoms with Crippen molar-refractivity contribution in [3.8, 4) is 17.0 Å². The quantitative estimate of drug-likeness (QED) is 0.505. The van der Waals surface area contributed by atoms with Crippen LogP contribution in [0.5, 0.6) is 5.75 Å². The molecule has 0 bridgehead atoms. The Kier molecular flexibility index (Phi) is 6.58. The maximum atomic E-state index is 10.3. The van der Waals surface area contributed by atoms with E-state index in [1.165, 1.54) is 32.4 Å². The van der Waals surface area contributed by atoms with Gasteiger partial charge in [0.15, 0.2) is 5.65 Å². The van der Waals surface area contributed by atoms with E-state index in [1.54, 1.807) is 12.3 Å². The number of hydrogen-bond donors (Lipinski definition) is 2. The second-order valence-corrected chi connectivity index (χ2v) is 9.50. The Labute approximate surface area is 186 Å². The number of nitrogens with one attached hydrogen (secondary N) is 1. The molecule has 30 heavy (non-hydrogen) atoms. The lowest BCUT2D eigenvalue weighted by molar-refractivity contribution is 0.172. The van der Waals surface area contributed by atoms with Crippen LogP contribution in [0.3, 0.4) is 0 Å². The molecule has 160 valence electrons. The van der Waals surface area contributed by atoms with Gasteiger partial charge >= 0.3 is 0 Å². The first-order valence-corrected chi connectivity index (χ1v) is 11.6. The molecule has 6 nitrogen and oxygen atoms in total. The SMILES string of the molecule is CC(C)CCN1CCCC(CNc2cc(-c3ccccc3O)nc3c(Br)cnn23)C1. The molecule has 3 heterocycles. The van der Waals surface area contributed by atoms with Crippen molar-refractivity contribution in [2.45, 2.75) is 33.1 Å². The zero-order valence-corrected chi connectivity index (χ0v) is 19.3. The molecule has 0 saturated carbocycles. The van der Waals surface area contributed by atoms with E-state index < -0.39 is 0 Å². The summed E-state index contributed by atoms with van der Waals surface area (Å²) >= 11 is 3.55. The van der Waals surface area contributed by atoms with Gasteiger partial charge in [-0.2, -0.15) is 9.61 Å². The van der Waals surface area contributed by atoms with E-state index in [0.717, 1.165) is 40.6 Å². The number of rotatable bonds is 7. The van der Waals surface area contributed by atoms with Gasteiger partial charge in [-0.3, -0.25) is 0 Å². The van der Waals surface area contributed by atoms with Crippen molar-refractivity contribution in [3.05, 3.63) is 41.0 Å². The predicted molar refractivity (Wildman–Crippen MR) is 125 cm³/mol. The molecule has 2 N–H and O–H groups in total. The van der Waals surface area contributed by atoms with Crippen molar-refractivity contribution >= 4 is 27.4 Å². The second-order valence-electron chi connectivity index (χ2n) is 8.64. The van der Waals surface area contributed by atoms with Crippen LogP contribution >= 0.6 is 15.9 Å². The Bertz CT molecular complexity index is 1000. The average Bonchev–Trinajstić information content (AvgIpc) is 3.12. The lowest BCUT2D eigenvalue weighted by Gasteiger charge is -2.33. The van der Waals surface area contributed by atoms with Crippen molar-refractivity contribution in [2.75, 3.05) is 31.5 Å². The van der Waals surface area contributed by atoms with Crippen LogP contribution in [0.4, 0.5) is 5.82 Å². The molecular weight excluding hydrogens is 442 g/mol. The minimum Gasteiger partial charge on any atom is -0.507 e. The van der Waals surface area contributed by atoms with Crippen LogP contribution in [0.25, 0.3) is 16.9 Å². The van der Waals surface area contributed by atoms with E-state index in [9.17, 15) is 5.11 Å². The third-order valence-electron chi connectivity index (χ3n) is 5.81. The number of piperidine rings is 1. The normalized spacial score (nSPS) is 17.7. The van der Waals surface area contributed by atoms with Gasteiger partial charge in [-0.25, -0.2) is 4.98 Å². The van der Waals surface area contributed by atoms with Crippen LogP contribution in [-0.4, -0.2) is 50.8 Å². The number of halogens is 1. The molecule has 0 spiro atoms. The fourth-order valence-corrected chi connectivity index (χ4v) is 4.45. The van der Waals surface area contributed by atoms with Gasteiger partial charge in [-0.05, 0) is 72.3 Å². The minimum atomic E-state index is 0.226. The Balaban J connectivity index is 1.53. The van der Waals surface area contributed by atoms with Crippen LogP contribution in [0, 0.1) is 11.8 Å². The number of para-hydroxylation sites is 1. The maximum Gasteiger partial charge on any atom is 0.172 e. The summed E-state index contributed by atoms with van der Waals surface area (Å²) in [4.78, 5) is 7.33. The van der Waals surface area contributed by atoms with Crippen LogP contribution in [0.1, 0.15) is 33.1 Å². The van der Waals surface area contributed by atoms with Crippen molar-refractivity contribution in [1.82, 2.24) is 19.5 Å². The van der Waals surface area contributed by atoms with Gasteiger partial charge in [-0.1, -0.05) is 26.0 Å². The number of nitrogens with zero attached hydrogens (tertiary/aromatic N) is 4. The molecule has 0 aliphatic carbocycles. The van der Waals surface area contributed by atoms with Gasteiger partial charge in [0.25, 0.3) is 0 Å². The van der Waals surface area contributed by atoms with E-state index in [0.29, 0.717) is 11.5 Å². The maximum absolute atomic E-state index is 10.3. The molecular formula is C23H30BrN5O. The number of aromatic hydroxyl groups is 1. The number of aromatic nitrogens is 3. The fraction of sp³-hybridized carbons (Fsp3) is 0.478. The molecule has 1 unspecified atom stereocenters. The largest absolute Gasteiger partial charge is 0.507 e. The molecule has 0 radical (unpaired) electrons. The highest BCUT2D eigenvalue weighted by Gasteiger charge is 2.21. The number of benzene rings is 1. The highest BCUT2D eigenvalue weighted by molar-refractivity contribution is 9.10. The average molecular weight is 472 g/mol. The Morgan fingerprint density at radius 1 is 1.30 bits per heavy atom. The van der Waals surface area contributed by atoms with E-state index in [2.05, 4.69) is 45.1 Å². The first kappa shape index (κ1) is 21.1. The molecule has 0 amide bonds. The summed E-state index contributed by atoms with van der Waals surface area (Å²) in [5.74, 6) is 2.48. The fourth-order valence-electron chi connectivity index (χ4n) is 4.10. The molecule has 1 saturated heterocycles. The van der Waals surface area contributed by atoms with E-state index in [4.69, 9.17) is 4.98 Å². The summed E-state index contributed by atoms with van der Waals surface area (Å²) in [6.45, 7) is 9.03. The van der Waals surface area contributed by atoms with Gasteiger partial charge in [0, 0.05) is 24.7 Å². The predicted octanol–water partition coefficient (Wildman–Crippen LogP) is 5.03. The summed E-state index contributed by atoms with van der Waals surface area (Å²) in [7, 11) is 0. The van der Waals surface area contributed by atoms with E-state index in [1.807, 2.05) is 28.8 Å². The Morgan fingerprint density at radius 2 is 2.13 bits per heavy atom. The van der Waals surface area contributed by atoms with Gasteiger partial charge in [0.05, 0.1) is 16.4 Å². The Hall–Kier alpha value is -2.12. The highest BCUT2D eigenvalue weighted by atomic mass is 79.9. The van der Waals surface area contributed by atoms with Gasteiger partial charge in [0.1, 0.15) is 11.6 Å². The van der Waals surface area contributed by atoms with Crippen LogP contribution in [-0.2, 0) is 0 Å². The number of phenols is 1. The standard InChI is InChI=1S/C23H30BrN5O/c1-16(2)9-11-28-10-5-6-17(15-28)13-25-22-12-20(18-7-3-4-8-21(18)30)27-23-19(24)14-26-29(22)23/h3-4,7-8,12,14,16-17,25,30H,5-6,9-11,13,15H2,1-2H3. The smallest absolute Gasteiger partial charge is 0.172 e. The zero-order valence-electron chi connectivity index (χ0n) is 17.7. The molecule has 1 aliphatic rings. The van der Waals surface area contributed by atoms with Crippen molar-refractivity contribution in [3.63, 3.8) is 0 Å². The van der Waals surface area contributed by atoms with Crippen LogP contribution < -0.4 is 5.32 Å². The molecule has 3 aromatic rings. The molecule has 1 fully saturated rings. The van der Waals surface area contributed by atoms with Crippen LogP contribution in [0.15, 0.2) is 41.0 Å². The zero-order chi connectivity index (χ0) is 21.1. The van der Waals surface area contributed by atoms with E-state index >= 15 is 0 Å². The molecule has 7 heteroatoms. The number of phenolic OH excluding ortho intramolecular Hbond substituents is 1. The third kappa shape index (κ3) is 4.78.